The van der Waals surface area contributed by atoms with E-state index in [-0.39, 0.29) is 23.4 Å². The number of amides is 1. The normalized spacial score (nSPS) is 41.5. The third kappa shape index (κ3) is 5.13. The Morgan fingerprint density at radius 3 is 2.70 bits per heavy atom. The molecule has 3 saturated heterocycles. The smallest absolute Gasteiger partial charge is 0.225 e. The van der Waals surface area contributed by atoms with Gasteiger partial charge in [0, 0.05) is 50.6 Å². The zero-order chi connectivity index (χ0) is 21.3. The van der Waals surface area contributed by atoms with Crippen molar-refractivity contribution in [1.29, 1.82) is 0 Å². The Bertz CT molecular complexity index is 588. The maximum absolute atomic E-state index is 12.5. The van der Waals surface area contributed by atoms with E-state index >= 15 is 0 Å². The van der Waals surface area contributed by atoms with E-state index in [0.717, 1.165) is 52.2 Å². The van der Waals surface area contributed by atoms with Crippen LogP contribution in [-0.2, 0) is 4.79 Å². The predicted octanol–water partition coefficient (Wildman–Crippen LogP) is 0.450. The lowest BCUT2D eigenvalue weighted by Crippen LogP contribution is -2.68. The number of nitrogens with one attached hydrogen (secondary N) is 3. The Labute approximate surface area is 186 Å². The number of likely N-dealkylation sites (tertiary alicyclic amines) is 2. The third-order valence-corrected chi connectivity index (χ3v) is 8.63. The molecule has 0 aromatic rings. The Balaban J connectivity index is 1.36. The molecule has 1 saturated carbocycles. The number of hydrogen-bond donors (Lipinski definition) is 4. The number of rotatable bonds is 6. The minimum absolute atomic E-state index is 0.156. The van der Waals surface area contributed by atoms with Gasteiger partial charge in [-0.15, -0.1) is 11.6 Å². The molecule has 1 amide bonds. The summed E-state index contributed by atoms with van der Waals surface area (Å²) in [6, 6.07) is 0. The fourth-order valence-corrected chi connectivity index (χ4v) is 6.16. The molecule has 0 aromatic carbocycles. The summed E-state index contributed by atoms with van der Waals surface area (Å²) in [6.45, 7) is 8.58. The highest BCUT2D eigenvalue weighted by atomic mass is 35.5. The first kappa shape index (κ1) is 22.7. The van der Waals surface area contributed by atoms with Crippen LogP contribution in [0.15, 0.2) is 0 Å². The first-order chi connectivity index (χ1) is 14.4. The summed E-state index contributed by atoms with van der Waals surface area (Å²) in [5, 5.41) is 11.2. The highest BCUT2D eigenvalue weighted by Crippen LogP contribution is 2.35. The second kappa shape index (κ2) is 10.0. The standard InChI is InChI=1S/C22H41ClN6O/c1-14-3-4-16(7-19(14)23)20-25-9-17(10-26-22(30)18-12-28(2)13-18)21(27-20)29-6-5-15(8-24)11-29/h14-21,25,27H,3-13,24H2,1-2H3,(H,26,30). The Hall–Kier alpha value is -0.440. The van der Waals surface area contributed by atoms with E-state index < -0.39 is 0 Å². The minimum atomic E-state index is 0.156. The predicted molar refractivity (Wildman–Crippen MR) is 121 cm³/mol. The lowest BCUT2D eigenvalue weighted by atomic mass is 9.80. The summed E-state index contributed by atoms with van der Waals surface area (Å²) >= 11 is 6.62. The van der Waals surface area contributed by atoms with Gasteiger partial charge in [-0.25, -0.2) is 0 Å². The van der Waals surface area contributed by atoms with Crippen LogP contribution in [0.1, 0.15) is 32.6 Å². The van der Waals surface area contributed by atoms with Crippen LogP contribution < -0.4 is 21.7 Å². The second-order valence-corrected chi connectivity index (χ2v) is 10.9. The zero-order valence-corrected chi connectivity index (χ0v) is 19.4. The fraction of sp³-hybridized carbons (Fsp3) is 0.955. The lowest BCUT2D eigenvalue weighted by molar-refractivity contribution is -0.130. The second-order valence-electron chi connectivity index (χ2n) is 10.4. The van der Waals surface area contributed by atoms with Crippen molar-refractivity contribution in [1.82, 2.24) is 25.8 Å². The molecular formula is C22H41ClN6O. The lowest BCUT2D eigenvalue weighted by Gasteiger charge is -2.47. The van der Waals surface area contributed by atoms with E-state index in [2.05, 4.69) is 39.7 Å². The Morgan fingerprint density at radius 2 is 2.03 bits per heavy atom. The maximum Gasteiger partial charge on any atom is 0.225 e. The van der Waals surface area contributed by atoms with Gasteiger partial charge in [0.25, 0.3) is 0 Å². The van der Waals surface area contributed by atoms with Crippen molar-refractivity contribution >= 4 is 17.5 Å². The summed E-state index contributed by atoms with van der Waals surface area (Å²) in [5.74, 6) is 2.49. The molecule has 172 valence electrons. The molecular weight excluding hydrogens is 400 g/mol. The van der Waals surface area contributed by atoms with Crippen molar-refractivity contribution in [3.05, 3.63) is 0 Å². The molecule has 30 heavy (non-hydrogen) atoms. The number of nitrogens with zero attached hydrogens (tertiary/aromatic N) is 2. The minimum Gasteiger partial charge on any atom is -0.355 e. The van der Waals surface area contributed by atoms with Crippen LogP contribution in [0.2, 0.25) is 0 Å². The van der Waals surface area contributed by atoms with Crippen molar-refractivity contribution in [3.63, 3.8) is 0 Å². The average Bonchev–Trinajstić information content (AvgIpc) is 3.21. The summed E-state index contributed by atoms with van der Waals surface area (Å²) < 4.78 is 0. The molecule has 4 aliphatic rings. The molecule has 1 aliphatic carbocycles. The number of halogens is 1. The van der Waals surface area contributed by atoms with Crippen LogP contribution in [0.25, 0.3) is 0 Å². The van der Waals surface area contributed by atoms with Crippen LogP contribution in [0.3, 0.4) is 0 Å². The summed E-state index contributed by atoms with van der Waals surface area (Å²) in [7, 11) is 2.06. The van der Waals surface area contributed by atoms with Crippen LogP contribution in [0.5, 0.6) is 0 Å². The fourth-order valence-electron chi connectivity index (χ4n) is 5.81. The topological polar surface area (TPSA) is 85.7 Å². The van der Waals surface area contributed by atoms with E-state index in [1.807, 2.05) is 0 Å². The van der Waals surface area contributed by atoms with Crippen molar-refractivity contribution in [2.24, 2.45) is 35.3 Å². The number of nitrogens with two attached hydrogens (primary N) is 1. The summed E-state index contributed by atoms with van der Waals surface area (Å²) in [6.07, 6.45) is 5.26. The van der Waals surface area contributed by atoms with Crippen molar-refractivity contribution in [3.8, 4) is 0 Å². The molecule has 7 nitrogen and oxygen atoms in total. The number of carbonyl (C=O) groups is 1. The molecule has 4 fully saturated rings. The van der Waals surface area contributed by atoms with Gasteiger partial charge in [-0.1, -0.05) is 6.92 Å². The van der Waals surface area contributed by atoms with Crippen molar-refractivity contribution in [2.45, 2.75) is 50.3 Å². The van der Waals surface area contributed by atoms with Crippen molar-refractivity contribution in [2.75, 3.05) is 52.9 Å². The highest BCUT2D eigenvalue weighted by molar-refractivity contribution is 6.20. The largest absolute Gasteiger partial charge is 0.355 e. The Morgan fingerprint density at radius 1 is 1.23 bits per heavy atom. The van der Waals surface area contributed by atoms with E-state index in [1.54, 1.807) is 0 Å². The van der Waals surface area contributed by atoms with E-state index in [1.165, 1.54) is 19.3 Å². The third-order valence-electron chi connectivity index (χ3n) is 8.02. The Kier molecular flexibility index (Phi) is 7.59. The molecule has 3 aliphatic heterocycles. The molecule has 4 rings (SSSR count). The molecule has 8 heteroatoms. The molecule has 0 aromatic heterocycles. The van der Waals surface area contributed by atoms with Crippen LogP contribution in [0.4, 0.5) is 0 Å². The van der Waals surface area contributed by atoms with Gasteiger partial charge < -0.3 is 21.3 Å². The highest BCUT2D eigenvalue weighted by Gasteiger charge is 2.41. The van der Waals surface area contributed by atoms with Crippen LogP contribution >= 0.6 is 11.6 Å². The molecule has 0 spiro atoms. The molecule has 0 radical (unpaired) electrons. The van der Waals surface area contributed by atoms with Gasteiger partial charge in [-0.3, -0.25) is 15.0 Å². The van der Waals surface area contributed by atoms with Gasteiger partial charge in [0.1, 0.15) is 0 Å². The summed E-state index contributed by atoms with van der Waals surface area (Å²) in [4.78, 5) is 17.3. The van der Waals surface area contributed by atoms with Crippen molar-refractivity contribution < 1.29 is 4.79 Å². The number of carbonyl (C=O) groups excluding carboxylic acids is 1. The quantitative estimate of drug-likeness (QED) is 0.449. The zero-order valence-electron chi connectivity index (χ0n) is 18.7. The van der Waals surface area contributed by atoms with Gasteiger partial charge in [-0.05, 0) is 57.0 Å². The van der Waals surface area contributed by atoms with Gasteiger partial charge in [-0.2, -0.15) is 0 Å². The van der Waals surface area contributed by atoms with Gasteiger partial charge in [0.15, 0.2) is 0 Å². The molecule has 7 atom stereocenters. The average molecular weight is 441 g/mol. The monoisotopic (exact) mass is 440 g/mol. The molecule has 5 N–H and O–H groups in total. The van der Waals surface area contributed by atoms with E-state index in [0.29, 0.717) is 29.8 Å². The van der Waals surface area contributed by atoms with Crippen LogP contribution in [0, 0.1) is 29.6 Å². The first-order valence-corrected chi connectivity index (χ1v) is 12.4. The van der Waals surface area contributed by atoms with Crippen LogP contribution in [-0.4, -0.2) is 86.3 Å². The summed E-state index contributed by atoms with van der Waals surface area (Å²) in [5.41, 5.74) is 5.96. The molecule has 0 bridgehead atoms. The van der Waals surface area contributed by atoms with Gasteiger partial charge in [0.2, 0.25) is 5.91 Å². The first-order valence-electron chi connectivity index (χ1n) is 12.0. The molecule has 7 unspecified atom stereocenters. The van der Waals surface area contributed by atoms with E-state index in [4.69, 9.17) is 17.3 Å². The number of hydrogen-bond acceptors (Lipinski definition) is 6. The number of alkyl halides is 1. The SMILES string of the molecule is CC1CCC(C2NCC(CNC(=O)C3CN(C)C3)C(N3CCC(CN)C3)N2)CC1Cl. The van der Waals surface area contributed by atoms with E-state index in [9.17, 15) is 4.79 Å². The van der Waals surface area contributed by atoms with Gasteiger partial charge >= 0.3 is 0 Å². The maximum atomic E-state index is 12.5. The molecule has 3 heterocycles. The van der Waals surface area contributed by atoms with Gasteiger partial charge in [0.05, 0.1) is 18.2 Å².